The number of rotatable bonds is 7. The number of alkyl halides is 4. The van der Waals surface area contributed by atoms with Crippen LogP contribution in [0.3, 0.4) is 0 Å². The summed E-state index contributed by atoms with van der Waals surface area (Å²) in [6.07, 6.45) is -4.50. The highest BCUT2D eigenvalue weighted by molar-refractivity contribution is 6.32. The van der Waals surface area contributed by atoms with E-state index >= 15 is 4.39 Å². The molecule has 248 valence electrons. The SMILES string of the molecule is CNCCN1CC2OCCC2Oc2nc(-c3cc(N)cc(Cl)c3C(F)(F)F)c(F)c3nc(OC[C@@]45CCCN4C[C@H](F)C5)nc1c23. The number of hydrogen-bond acceptors (Lipinski definition) is 10. The van der Waals surface area contributed by atoms with E-state index in [0.29, 0.717) is 45.6 Å². The molecule has 4 aliphatic heterocycles. The van der Waals surface area contributed by atoms with Gasteiger partial charge in [0, 0.05) is 50.3 Å². The first-order valence-electron chi connectivity index (χ1n) is 15.2. The molecule has 4 atom stereocenters. The number of ether oxygens (including phenoxy) is 3. The Kier molecular flexibility index (Phi) is 8.01. The zero-order valence-electron chi connectivity index (χ0n) is 25.0. The third-order valence-corrected chi connectivity index (χ3v) is 9.64. The van der Waals surface area contributed by atoms with Crippen molar-refractivity contribution in [3.8, 4) is 23.1 Å². The number of hydrogen-bond donors (Lipinski definition) is 2. The standard InChI is InChI=1S/C30H33ClF5N7O3/c1-38-5-7-42-13-20-19(3-8-44-20)46-27-21-25(23(33)24(39-27)17-9-16(37)10-18(31)22(17)30(34,35)36)40-28(41-26(21)42)45-14-29-4-2-6-43(29)12-15(32)11-29/h9-10,15,19-20,38H,2-8,11-14,37H2,1H3/t15-,19?,20?,29+/m1/s1. The van der Waals surface area contributed by atoms with E-state index in [9.17, 15) is 17.6 Å². The average molecular weight is 670 g/mol. The topological polar surface area (TPSA) is 111 Å². The van der Waals surface area contributed by atoms with Gasteiger partial charge in [-0.2, -0.15) is 23.1 Å². The van der Waals surface area contributed by atoms with Crippen molar-refractivity contribution >= 4 is 34.0 Å². The highest BCUT2D eigenvalue weighted by Gasteiger charge is 2.49. The van der Waals surface area contributed by atoms with Gasteiger partial charge in [0.05, 0.1) is 22.7 Å². The van der Waals surface area contributed by atoms with Gasteiger partial charge in [0.25, 0.3) is 0 Å². The van der Waals surface area contributed by atoms with E-state index in [-0.39, 0.29) is 40.9 Å². The summed E-state index contributed by atoms with van der Waals surface area (Å²) >= 11 is 6.03. The normalized spacial score (nSPS) is 26.2. The molecule has 1 aromatic carbocycles. The van der Waals surface area contributed by atoms with Gasteiger partial charge < -0.3 is 30.2 Å². The van der Waals surface area contributed by atoms with Crippen LogP contribution >= 0.6 is 11.6 Å². The fourth-order valence-electron chi connectivity index (χ4n) is 7.24. The van der Waals surface area contributed by atoms with E-state index < -0.39 is 57.8 Å². The average Bonchev–Trinajstić information content (AvgIpc) is 3.67. The summed E-state index contributed by atoms with van der Waals surface area (Å²) in [5.74, 6) is -1.07. The number of halogens is 6. The number of anilines is 2. The number of nitrogen functional groups attached to an aromatic ring is 1. The number of nitrogens with zero attached hydrogens (tertiary/aromatic N) is 5. The summed E-state index contributed by atoms with van der Waals surface area (Å²) in [5, 5.41) is 2.48. The van der Waals surface area contributed by atoms with Crippen LogP contribution in [-0.2, 0) is 10.9 Å². The van der Waals surface area contributed by atoms with Gasteiger partial charge in [0.2, 0.25) is 5.88 Å². The molecule has 0 radical (unpaired) electrons. The van der Waals surface area contributed by atoms with Gasteiger partial charge in [-0.25, -0.2) is 13.8 Å². The van der Waals surface area contributed by atoms with Crippen LogP contribution in [0.4, 0.5) is 33.5 Å². The molecule has 3 saturated heterocycles. The van der Waals surface area contributed by atoms with E-state index in [0.717, 1.165) is 31.5 Å². The van der Waals surface area contributed by atoms with E-state index in [1.807, 2.05) is 4.90 Å². The monoisotopic (exact) mass is 669 g/mol. The van der Waals surface area contributed by atoms with Crippen LogP contribution in [0.2, 0.25) is 5.02 Å². The van der Waals surface area contributed by atoms with Crippen molar-refractivity contribution in [2.45, 2.75) is 55.8 Å². The van der Waals surface area contributed by atoms with Crippen LogP contribution in [0.25, 0.3) is 22.2 Å². The number of aromatic nitrogens is 3. The van der Waals surface area contributed by atoms with Crippen molar-refractivity contribution in [1.29, 1.82) is 0 Å². The number of nitrogens with one attached hydrogen (secondary N) is 1. The van der Waals surface area contributed by atoms with E-state index in [2.05, 4.69) is 20.2 Å². The molecule has 3 aromatic rings. The molecule has 2 unspecified atom stereocenters. The Morgan fingerprint density at radius 3 is 2.80 bits per heavy atom. The molecule has 3 N–H and O–H groups in total. The summed E-state index contributed by atoms with van der Waals surface area (Å²) in [7, 11) is 1.79. The molecule has 0 aliphatic carbocycles. The maximum Gasteiger partial charge on any atom is 0.418 e. The summed E-state index contributed by atoms with van der Waals surface area (Å²) in [5.41, 5.74) is 2.26. The molecule has 0 amide bonds. The quantitative estimate of drug-likeness (QED) is 0.273. The Balaban J connectivity index is 1.43. The molecule has 0 bridgehead atoms. The van der Waals surface area contributed by atoms with Crippen LogP contribution in [0, 0.1) is 5.82 Å². The minimum Gasteiger partial charge on any atom is -0.471 e. The fourth-order valence-corrected chi connectivity index (χ4v) is 7.57. The lowest BCUT2D eigenvalue weighted by Crippen LogP contribution is -2.44. The number of benzene rings is 1. The Morgan fingerprint density at radius 1 is 1.20 bits per heavy atom. The second-order valence-electron chi connectivity index (χ2n) is 12.3. The Bertz CT molecular complexity index is 1670. The van der Waals surface area contributed by atoms with Crippen LogP contribution in [0.5, 0.6) is 11.9 Å². The van der Waals surface area contributed by atoms with E-state index in [4.69, 9.17) is 36.5 Å². The molecule has 46 heavy (non-hydrogen) atoms. The lowest BCUT2D eigenvalue weighted by Gasteiger charge is -2.33. The van der Waals surface area contributed by atoms with Gasteiger partial charge in [-0.3, -0.25) is 4.90 Å². The first-order valence-corrected chi connectivity index (χ1v) is 15.6. The molecule has 0 spiro atoms. The van der Waals surface area contributed by atoms with Crippen LogP contribution in [0.1, 0.15) is 31.2 Å². The number of nitrogens with two attached hydrogens (primary N) is 1. The van der Waals surface area contributed by atoms with Gasteiger partial charge in [-0.15, -0.1) is 0 Å². The molecular weight excluding hydrogens is 637 g/mol. The molecule has 7 rings (SSSR count). The van der Waals surface area contributed by atoms with Crippen LogP contribution in [0.15, 0.2) is 12.1 Å². The number of pyridine rings is 1. The zero-order valence-corrected chi connectivity index (χ0v) is 25.7. The maximum atomic E-state index is 16.7. The lowest BCUT2D eigenvalue weighted by atomic mass is 9.95. The largest absolute Gasteiger partial charge is 0.471 e. The minimum atomic E-state index is -4.96. The molecule has 0 saturated carbocycles. The maximum absolute atomic E-state index is 16.7. The molecule has 2 aromatic heterocycles. The summed E-state index contributed by atoms with van der Waals surface area (Å²) in [6.45, 7) is 2.78. The van der Waals surface area contributed by atoms with Crippen LogP contribution < -0.4 is 25.4 Å². The van der Waals surface area contributed by atoms with Crippen molar-refractivity contribution in [2.24, 2.45) is 0 Å². The van der Waals surface area contributed by atoms with Gasteiger partial charge >= 0.3 is 12.2 Å². The molecular formula is C30H33ClF5N7O3. The zero-order chi connectivity index (χ0) is 32.4. The fraction of sp³-hybridized carbons (Fsp3) is 0.567. The third kappa shape index (κ3) is 5.44. The van der Waals surface area contributed by atoms with Gasteiger partial charge in [0.1, 0.15) is 47.4 Å². The number of likely N-dealkylation sites (N-methyl/N-ethyl adjacent to an activating group) is 1. The summed E-state index contributed by atoms with van der Waals surface area (Å²) in [6, 6.07) is 1.72. The van der Waals surface area contributed by atoms with E-state index in [1.165, 1.54) is 0 Å². The third-order valence-electron chi connectivity index (χ3n) is 9.34. The second-order valence-corrected chi connectivity index (χ2v) is 12.7. The summed E-state index contributed by atoms with van der Waals surface area (Å²) in [4.78, 5) is 17.4. The smallest absolute Gasteiger partial charge is 0.418 e. The lowest BCUT2D eigenvalue weighted by molar-refractivity contribution is -0.137. The molecule has 4 aliphatic rings. The second kappa shape index (κ2) is 11.8. The Labute approximate surface area is 266 Å². The predicted octanol–water partition coefficient (Wildman–Crippen LogP) is 4.62. The highest BCUT2D eigenvalue weighted by Crippen LogP contribution is 2.47. The highest BCUT2D eigenvalue weighted by atomic mass is 35.5. The minimum absolute atomic E-state index is 0.0641. The molecule has 10 nitrogen and oxygen atoms in total. The van der Waals surface area contributed by atoms with Gasteiger partial charge in [-0.1, -0.05) is 11.6 Å². The van der Waals surface area contributed by atoms with Crippen molar-refractivity contribution in [3.63, 3.8) is 0 Å². The van der Waals surface area contributed by atoms with Crippen molar-refractivity contribution in [3.05, 3.63) is 28.5 Å². The Morgan fingerprint density at radius 2 is 2.02 bits per heavy atom. The van der Waals surface area contributed by atoms with Crippen LogP contribution in [-0.4, -0.2) is 96.8 Å². The van der Waals surface area contributed by atoms with Crippen molar-refractivity contribution in [1.82, 2.24) is 25.2 Å². The van der Waals surface area contributed by atoms with Gasteiger partial charge in [0.15, 0.2) is 5.82 Å². The molecule has 3 fully saturated rings. The first-order chi connectivity index (χ1) is 22.0. The summed E-state index contributed by atoms with van der Waals surface area (Å²) < 4.78 is 92.6. The van der Waals surface area contributed by atoms with Crippen molar-refractivity contribution in [2.75, 3.05) is 63.6 Å². The van der Waals surface area contributed by atoms with Crippen molar-refractivity contribution < 1.29 is 36.2 Å². The van der Waals surface area contributed by atoms with Gasteiger partial charge in [-0.05, 0) is 38.6 Å². The predicted molar refractivity (Wildman–Crippen MR) is 161 cm³/mol. The first kappa shape index (κ1) is 31.3. The molecule has 16 heteroatoms. The molecule has 6 heterocycles. The number of fused-ring (bicyclic) bond motifs is 2. The Hall–Kier alpha value is -3.27. The van der Waals surface area contributed by atoms with E-state index in [1.54, 1.807) is 7.05 Å².